The van der Waals surface area contributed by atoms with E-state index in [1.165, 1.54) is 64.2 Å². The number of benzene rings is 2. The maximum atomic E-state index is 12.3. The molecule has 0 amide bonds. The highest BCUT2D eigenvalue weighted by atomic mass is 16.7. The van der Waals surface area contributed by atoms with Crippen molar-refractivity contribution in [3.8, 4) is 11.5 Å². The van der Waals surface area contributed by atoms with Crippen LogP contribution in [-0.2, 0) is 23.9 Å². The highest BCUT2D eigenvalue weighted by Crippen LogP contribution is 2.35. The molecule has 6 heterocycles. The number of fused-ring (bicyclic) bond motifs is 2. The molecular weight excluding hydrogens is 1040 g/mol. The highest BCUT2D eigenvalue weighted by Gasteiger charge is 2.28. The molecule has 2 aliphatic heterocycles. The fraction of sp³-hybridized carbons (Fsp3) is 0.600. The number of aromatic amines is 1. The Labute approximate surface area is 481 Å². The average molecular weight is 1130 g/mol. The van der Waals surface area contributed by atoms with Gasteiger partial charge in [-0.25, -0.2) is 9.97 Å². The molecule has 22 nitrogen and oxygen atoms in total. The van der Waals surface area contributed by atoms with Gasteiger partial charge in [0, 0.05) is 63.6 Å². The molecule has 22 heteroatoms. The Morgan fingerprint density at radius 2 is 1.17 bits per heavy atom. The number of unbranched alkanes of at least 4 members (excludes halogenated alkanes) is 6. The van der Waals surface area contributed by atoms with Crippen molar-refractivity contribution in [2.24, 2.45) is 5.90 Å². The van der Waals surface area contributed by atoms with E-state index in [-0.39, 0.29) is 24.1 Å². The predicted molar refractivity (Wildman–Crippen MR) is 318 cm³/mol. The first-order chi connectivity index (χ1) is 40.3. The van der Waals surface area contributed by atoms with Gasteiger partial charge >= 0.3 is 5.97 Å². The summed E-state index contributed by atoms with van der Waals surface area (Å²) in [5, 5.41) is 6.75. The molecule has 10 rings (SSSR count). The van der Waals surface area contributed by atoms with E-state index < -0.39 is 0 Å². The summed E-state index contributed by atoms with van der Waals surface area (Å²) in [6.07, 6.45) is 30.6. The number of aromatic nitrogens is 8. The summed E-state index contributed by atoms with van der Waals surface area (Å²) >= 11 is 0. The molecule has 2 aromatic carbocycles. The predicted octanol–water partition coefficient (Wildman–Crippen LogP) is 12.4. The van der Waals surface area contributed by atoms with Crippen molar-refractivity contribution in [3.63, 3.8) is 0 Å². The van der Waals surface area contributed by atoms with Crippen molar-refractivity contribution in [3.05, 3.63) is 66.1 Å². The lowest BCUT2D eigenvalue weighted by molar-refractivity contribution is -0.144. The van der Waals surface area contributed by atoms with Gasteiger partial charge in [-0.15, -0.1) is 0 Å². The number of nitrogens with two attached hydrogens (primary N) is 1. The van der Waals surface area contributed by atoms with Crippen LogP contribution in [0.15, 0.2) is 61.2 Å². The molecule has 0 radical (unpaired) electrons. The summed E-state index contributed by atoms with van der Waals surface area (Å²) in [7, 11) is 4.26. The molecule has 2 saturated carbocycles. The minimum Gasteiger partial charge on any atom is -0.494 e. The van der Waals surface area contributed by atoms with Crippen LogP contribution in [-0.4, -0.2) is 110 Å². The zero-order chi connectivity index (χ0) is 57.3. The summed E-state index contributed by atoms with van der Waals surface area (Å²) < 4.78 is 25.6. The number of ether oxygens (including phenoxy) is 4. The number of nitroso groups, excluding NO2 is 1. The molecule has 4 aliphatic rings. The van der Waals surface area contributed by atoms with E-state index in [1.54, 1.807) is 6.33 Å². The van der Waals surface area contributed by atoms with Crippen LogP contribution in [0.5, 0.6) is 11.5 Å². The van der Waals surface area contributed by atoms with Crippen LogP contribution in [0.2, 0.25) is 0 Å². The van der Waals surface area contributed by atoms with Gasteiger partial charge in [-0.3, -0.25) is 14.2 Å². The van der Waals surface area contributed by atoms with E-state index in [4.69, 9.17) is 49.7 Å². The SMILES string of the molecule is CN(c1nc(Nc2ccc(OCCCCCCC(=O)C3CCCCO3)cc2)nc2c1ncn2C1CCCCO1)C1CCCCC1.CN(c1nc(Nc2ccc(OCCCCCCC(=O)ON)cc2)nc2nc[nH]c12)C1CCCCC1.N=O. The Morgan fingerprint density at radius 3 is 1.74 bits per heavy atom. The molecule has 2 atom stereocenters. The molecule has 4 fully saturated rings. The number of hydrogen-bond acceptors (Lipinski definition) is 20. The zero-order valence-electron chi connectivity index (χ0n) is 48.2. The van der Waals surface area contributed by atoms with Crippen molar-refractivity contribution in [1.29, 1.82) is 5.59 Å². The number of rotatable bonds is 26. The third kappa shape index (κ3) is 17.7. The summed E-state index contributed by atoms with van der Waals surface area (Å²) in [5.41, 5.74) is 9.44. The van der Waals surface area contributed by atoms with Crippen molar-refractivity contribution in [1.82, 2.24) is 39.5 Å². The Bertz CT molecular complexity index is 2850. The topological polar surface area (TPSA) is 276 Å². The van der Waals surface area contributed by atoms with Crippen LogP contribution in [0.25, 0.3) is 22.3 Å². The van der Waals surface area contributed by atoms with Gasteiger partial charge in [0.1, 0.15) is 29.3 Å². The molecule has 82 heavy (non-hydrogen) atoms. The normalized spacial score (nSPS) is 17.6. The lowest BCUT2D eigenvalue weighted by Crippen LogP contribution is -2.34. The third-order valence-corrected chi connectivity index (χ3v) is 16.1. The van der Waals surface area contributed by atoms with E-state index in [2.05, 4.69) is 64.5 Å². The van der Waals surface area contributed by atoms with Crippen molar-refractivity contribution < 1.29 is 33.4 Å². The fourth-order valence-electron chi connectivity index (χ4n) is 11.4. The summed E-state index contributed by atoms with van der Waals surface area (Å²) in [4.78, 5) is 71.3. The van der Waals surface area contributed by atoms with Crippen LogP contribution in [0.4, 0.5) is 34.9 Å². The van der Waals surface area contributed by atoms with Crippen LogP contribution >= 0.6 is 0 Å². The zero-order valence-corrected chi connectivity index (χ0v) is 48.2. The number of ketones is 1. The van der Waals surface area contributed by atoms with Crippen LogP contribution < -0.4 is 35.8 Å². The number of nitrogens with zero attached hydrogens (tertiary/aromatic N) is 9. The number of hydrogen-bond donors (Lipinski definition) is 5. The Balaban J connectivity index is 0.000000215. The van der Waals surface area contributed by atoms with Crippen molar-refractivity contribution in [2.75, 3.05) is 61.0 Å². The number of nitrogens with one attached hydrogen (secondary N) is 4. The van der Waals surface area contributed by atoms with E-state index in [0.717, 1.165) is 154 Å². The number of carbonyl (C=O) groups excluding carboxylic acids is 2. The fourth-order valence-corrected chi connectivity index (χ4v) is 11.4. The largest absolute Gasteiger partial charge is 0.494 e. The smallest absolute Gasteiger partial charge is 0.324 e. The quantitative estimate of drug-likeness (QED) is 0.0192. The molecular formula is C60H86N14O8. The van der Waals surface area contributed by atoms with Crippen LogP contribution in [0.3, 0.4) is 0 Å². The summed E-state index contributed by atoms with van der Waals surface area (Å²) in [6.45, 7) is 2.79. The second-order valence-electron chi connectivity index (χ2n) is 21.9. The summed E-state index contributed by atoms with van der Waals surface area (Å²) in [6, 6.07) is 16.7. The molecule has 6 aromatic rings. The molecule has 2 saturated heterocycles. The maximum absolute atomic E-state index is 12.3. The molecule has 4 aromatic heterocycles. The van der Waals surface area contributed by atoms with Crippen LogP contribution in [0.1, 0.15) is 173 Å². The van der Waals surface area contributed by atoms with E-state index in [9.17, 15) is 9.59 Å². The van der Waals surface area contributed by atoms with E-state index in [0.29, 0.717) is 55.7 Å². The van der Waals surface area contributed by atoms with Gasteiger partial charge in [0.05, 0.1) is 25.9 Å². The van der Waals surface area contributed by atoms with Crippen molar-refractivity contribution in [2.45, 2.75) is 191 Å². The lowest BCUT2D eigenvalue weighted by Gasteiger charge is -2.32. The number of Topliss-reactive ketones (excluding diaryl/α,β-unsaturated/α-hetero) is 1. The molecule has 2 unspecified atom stereocenters. The monoisotopic (exact) mass is 1130 g/mol. The summed E-state index contributed by atoms with van der Waals surface area (Å²) in [5.74, 6) is 9.22. The van der Waals surface area contributed by atoms with E-state index >= 15 is 0 Å². The van der Waals surface area contributed by atoms with Gasteiger partial charge < -0.3 is 49.2 Å². The second-order valence-corrected chi connectivity index (χ2v) is 21.9. The minimum atomic E-state index is -0.364. The van der Waals surface area contributed by atoms with Gasteiger partial charge in [0.15, 0.2) is 34.2 Å². The highest BCUT2D eigenvalue weighted by molar-refractivity contribution is 5.86. The van der Waals surface area contributed by atoms with E-state index in [1.807, 2.05) is 54.9 Å². The van der Waals surface area contributed by atoms with Gasteiger partial charge in [0.25, 0.3) is 0 Å². The molecule has 2 aliphatic carbocycles. The average Bonchev–Trinajstić information content (AvgIpc) is 4.41. The molecule has 6 N–H and O–H groups in total. The second kappa shape index (κ2) is 32.6. The minimum absolute atomic E-state index is 0.0468. The standard InChI is InChI=1S/C35H50N6O4.C25H35N7O3.HNO/c1-40(27-13-5-4-6-14-27)33-32-34(41(25-36-32)31-17-9-12-24-45-31)39-35(38-33)37-26-18-20-28(21-19-26)43-22-10-3-2-7-15-29(42)30-16-8-11-23-44-30;1-32(19-9-5-4-6-10-19)24-22-23(28-17-27-22)30-25(31-24)29-18-12-14-20(15-13-18)34-16-8-3-2-7-11-21(33)35-26;1-2/h18-21,25,27,30-31H,2-17,22-24H2,1H3,(H,37,38,39);12-15,17,19H,2-11,16,26H2,1H3,(H2,27,28,29,30,31);1H. The molecule has 444 valence electrons. The van der Waals surface area contributed by atoms with Crippen LogP contribution in [0, 0.1) is 10.5 Å². The lowest BCUT2D eigenvalue weighted by atomic mass is 9.94. The first-order valence-corrected chi connectivity index (χ1v) is 30.1. The van der Waals surface area contributed by atoms with Gasteiger partial charge in [-0.2, -0.15) is 30.7 Å². The number of imidazole rings is 2. The van der Waals surface area contributed by atoms with Crippen molar-refractivity contribution >= 4 is 69.0 Å². The van der Waals surface area contributed by atoms with Gasteiger partial charge in [0.2, 0.25) is 11.9 Å². The first kappa shape index (κ1) is 61.0. The Hall–Kier alpha value is -7.04. The molecule has 0 spiro atoms. The van der Waals surface area contributed by atoms with Gasteiger partial charge in [-0.1, -0.05) is 69.8 Å². The maximum Gasteiger partial charge on any atom is 0.324 e. The number of carbonyl (C=O) groups is 2. The Kier molecular flexibility index (Phi) is 24.2. The number of anilines is 6. The molecule has 0 bridgehead atoms. The Morgan fingerprint density at radius 1 is 0.634 bits per heavy atom. The number of H-pyrrole nitrogens is 1. The van der Waals surface area contributed by atoms with Gasteiger partial charge in [-0.05, 0) is 138 Å². The third-order valence-electron chi connectivity index (χ3n) is 16.1. The first-order valence-electron chi connectivity index (χ1n) is 30.1.